The Balaban J connectivity index is 2.35. The van der Waals surface area contributed by atoms with Gasteiger partial charge in [-0.25, -0.2) is 13.2 Å². The molecule has 0 aliphatic carbocycles. The average Bonchev–Trinajstić information content (AvgIpc) is 2.84. The zero-order valence-electron chi connectivity index (χ0n) is 10.3. The molecule has 1 aromatic carbocycles. The highest BCUT2D eigenvalue weighted by Gasteiger charge is 2.19. The normalized spacial score (nSPS) is 11.3. The first kappa shape index (κ1) is 14.8. The summed E-state index contributed by atoms with van der Waals surface area (Å²) >= 11 is 6.68. The van der Waals surface area contributed by atoms with Gasteiger partial charge in [-0.05, 0) is 30.7 Å². The lowest BCUT2D eigenvalue weighted by Crippen LogP contribution is -2.12. The third-order valence-corrected chi connectivity index (χ3v) is 5.57. The van der Waals surface area contributed by atoms with E-state index in [1.807, 2.05) is 0 Å². The Morgan fingerprint density at radius 3 is 2.65 bits per heavy atom. The van der Waals surface area contributed by atoms with Crippen molar-refractivity contribution in [1.29, 1.82) is 0 Å². The second-order valence-electron chi connectivity index (χ2n) is 4.02. The van der Waals surface area contributed by atoms with Gasteiger partial charge in [0.1, 0.15) is 4.21 Å². The van der Waals surface area contributed by atoms with E-state index in [-0.39, 0.29) is 9.77 Å². The number of anilines is 1. The summed E-state index contributed by atoms with van der Waals surface area (Å²) in [4.78, 5) is 10.8. The van der Waals surface area contributed by atoms with Gasteiger partial charge in [-0.15, -0.1) is 11.3 Å². The molecule has 0 spiro atoms. The van der Waals surface area contributed by atoms with E-state index in [1.54, 1.807) is 19.1 Å². The standard InChI is InChI=1S/C12H10ClNO4S2/c1-7-2-3-9(13)5-10(7)14-20(17,18)11-4-8(6-19-11)12(15)16/h2-6,14H,1H3,(H,15,16). The van der Waals surface area contributed by atoms with E-state index < -0.39 is 16.0 Å². The SMILES string of the molecule is Cc1ccc(Cl)cc1NS(=O)(=O)c1cc(C(=O)O)cs1. The zero-order chi connectivity index (χ0) is 14.9. The van der Waals surface area contributed by atoms with Crippen LogP contribution in [0.2, 0.25) is 5.02 Å². The molecule has 0 atom stereocenters. The summed E-state index contributed by atoms with van der Waals surface area (Å²) in [5, 5.41) is 10.5. The molecule has 8 heteroatoms. The van der Waals surface area contributed by atoms with Crippen molar-refractivity contribution in [2.75, 3.05) is 4.72 Å². The fourth-order valence-corrected chi connectivity index (χ4v) is 3.92. The molecule has 0 saturated heterocycles. The minimum atomic E-state index is -3.82. The third kappa shape index (κ3) is 3.12. The van der Waals surface area contributed by atoms with Crippen LogP contribution in [0.3, 0.4) is 0 Å². The van der Waals surface area contributed by atoms with Gasteiger partial charge in [-0.1, -0.05) is 17.7 Å². The van der Waals surface area contributed by atoms with Crippen molar-refractivity contribution in [2.45, 2.75) is 11.1 Å². The van der Waals surface area contributed by atoms with Crippen LogP contribution in [-0.4, -0.2) is 19.5 Å². The molecule has 0 aliphatic heterocycles. The summed E-state index contributed by atoms with van der Waals surface area (Å²) < 4.78 is 26.7. The zero-order valence-corrected chi connectivity index (χ0v) is 12.6. The van der Waals surface area contributed by atoms with Gasteiger partial charge in [0.25, 0.3) is 10.0 Å². The fourth-order valence-electron chi connectivity index (χ4n) is 1.47. The molecular weight excluding hydrogens is 322 g/mol. The van der Waals surface area contributed by atoms with Crippen LogP contribution < -0.4 is 4.72 Å². The Morgan fingerprint density at radius 1 is 1.35 bits per heavy atom. The molecule has 0 radical (unpaired) electrons. The van der Waals surface area contributed by atoms with Gasteiger partial charge in [0.2, 0.25) is 0 Å². The highest BCUT2D eigenvalue weighted by atomic mass is 35.5. The van der Waals surface area contributed by atoms with Crippen LogP contribution in [0.4, 0.5) is 5.69 Å². The number of halogens is 1. The topological polar surface area (TPSA) is 83.5 Å². The molecule has 2 aromatic rings. The minimum Gasteiger partial charge on any atom is -0.478 e. The number of sulfonamides is 1. The maximum absolute atomic E-state index is 12.2. The molecule has 106 valence electrons. The van der Waals surface area contributed by atoms with Crippen LogP contribution >= 0.6 is 22.9 Å². The summed E-state index contributed by atoms with van der Waals surface area (Å²) in [6.45, 7) is 1.74. The Kier molecular flexibility index (Phi) is 4.03. The van der Waals surface area contributed by atoms with Crippen LogP contribution in [0.15, 0.2) is 33.9 Å². The van der Waals surface area contributed by atoms with Crippen molar-refractivity contribution < 1.29 is 18.3 Å². The number of nitrogens with one attached hydrogen (secondary N) is 1. The minimum absolute atomic E-state index is 0.0572. The lowest BCUT2D eigenvalue weighted by Gasteiger charge is -2.09. The molecule has 2 rings (SSSR count). The Morgan fingerprint density at radius 2 is 2.05 bits per heavy atom. The number of carboxylic acids is 1. The molecule has 0 fully saturated rings. The van der Waals surface area contributed by atoms with Gasteiger partial charge in [0.05, 0.1) is 11.3 Å². The summed E-state index contributed by atoms with van der Waals surface area (Å²) in [5.41, 5.74) is 1.02. The first-order chi connectivity index (χ1) is 9.29. The molecule has 1 heterocycles. The summed E-state index contributed by atoms with van der Waals surface area (Å²) in [7, 11) is -3.82. The average molecular weight is 332 g/mol. The monoisotopic (exact) mass is 331 g/mol. The molecule has 0 aliphatic rings. The number of benzene rings is 1. The maximum Gasteiger partial charge on any atom is 0.336 e. The Hall–Kier alpha value is -1.57. The van der Waals surface area contributed by atoms with E-state index in [2.05, 4.69) is 4.72 Å². The number of aryl methyl sites for hydroxylation is 1. The second kappa shape index (κ2) is 5.43. The molecular formula is C12H10ClNO4S2. The van der Waals surface area contributed by atoms with Gasteiger partial charge in [-0.2, -0.15) is 0 Å². The predicted molar refractivity (Wildman–Crippen MR) is 78.3 cm³/mol. The van der Waals surface area contributed by atoms with Gasteiger partial charge < -0.3 is 5.11 Å². The number of rotatable bonds is 4. The third-order valence-electron chi connectivity index (χ3n) is 2.53. The van der Waals surface area contributed by atoms with Crippen molar-refractivity contribution in [3.8, 4) is 0 Å². The largest absolute Gasteiger partial charge is 0.478 e. The molecule has 0 unspecified atom stereocenters. The van der Waals surface area contributed by atoms with Crippen molar-refractivity contribution in [2.24, 2.45) is 0 Å². The quantitative estimate of drug-likeness (QED) is 0.901. The molecule has 2 N–H and O–H groups in total. The first-order valence-electron chi connectivity index (χ1n) is 5.40. The number of hydrogen-bond donors (Lipinski definition) is 2. The predicted octanol–water partition coefficient (Wildman–Crippen LogP) is 3.21. The van der Waals surface area contributed by atoms with Gasteiger partial charge in [-0.3, -0.25) is 4.72 Å². The lowest BCUT2D eigenvalue weighted by atomic mass is 10.2. The summed E-state index contributed by atoms with van der Waals surface area (Å²) in [6.07, 6.45) is 0. The number of carbonyl (C=O) groups is 1. The lowest BCUT2D eigenvalue weighted by molar-refractivity contribution is 0.0697. The van der Waals surface area contributed by atoms with Gasteiger partial charge in [0, 0.05) is 10.4 Å². The van der Waals surface area contributed by atoms with Crippen molar-refractivity contribution in [3.63, 3.8) is 0 Å². The van der Waals surface area contributed by atoms with Crippen molar-refractivity contribution in [3.05, 3.63) is 45.8 Å². The van der Waals surface area contributed by atoms with Crippen LogP contribution in [-0.2, 0) is 10.0 Å². The highest BCUT2D eigenvalue weighted by molar-refractivity contribution is 7.94. The van der Waals surface area contributed by atoms with Crippen molar-refractivity contribution >= 4 is 44.6 Å². The van der Waals surface area contributed by atoms with Gasteiger partial charge >= 0.3 is 5.97 Å². The summed E-state index contributed by atoms with van der Waals surface area (Å²) in [5.74, 6) is -1.17. The van der Waals surface area contributed by atoms with Crippen LogP contribution in [0.1, 0.15) is 15.9 Å². The van der Waals surface area contributed by atoms with E-state index in [0.717, 1.165) is 17.4 Å². The molecule has 0 saturated carbocycles. The summed E-state index contributed by atoms with van der Waals surface area (Å²) in [6, 6.07) is 5.97. The Bertz CT molecular complexity index is 768. The van der Waals surface area contributed by atoms with Crippen LogP contribution in [0.25, 0.3) is 0 Å². The number of hydrogen-bond acceptors (Lipinski definition) is 4. The molecule has 5 nitrogen and oxygen atoms in total. The maximum atomic E-state index is 12.2. The van der Waals surface area contributed by atoms with E-state index in [1.165, 1.54) is 11.4 Å². The smallest absolute Gasteiger partial charge is 0.336 e. The van der Waals surface area contributed by atoms with Gasteiger partial charge in [0.15, 0.2) is 0 Å². The van der Waals surface area contributed by atoms with Crippen molar-refractivity contribution in [1.82, 2.24) is 0 Å². The molecule has 0 bridgehead atoms. The molecule has 20 heavy (non-hydrogen) atoms. The highest BCUT2D eigenvalue weighted by Crippen LogP contribution is 2.26. The van der Waals surface area contributed by atoms with Crippen LogP contribution in [0.5, 0.6) is 0 Å². The number of aromatic carboxylic acids is 1. The van der Waals surface area contributed by atoms with E-state index in [0.29, 0.717) is 16.3 Å². The number of carboxylic acid groups (broad SMARTS) is 1. The van der Waals surface area contributed by atoms with Crippen LogP contribution in [0, 0.1) is 6.92 Å². The van der Waals surface area contributed by atoms with E-state index in [4.69, 9.17) is 16.7 Å². The number of thiophene rings is 1. The fraction of sp³-hybridized carbons (Fsp3) is 0.0833. The Labute approximate surface area is 124 Å². The second-order valence-corrected chi connectivity index (χ2v) is 7.28. The first-order valence-corrected chi connectivity index (χ1v) is 8.14. The van der Waals surface area contributed by atoms with E-state index in [9.17, 15) is 13.2 Å². The molecule has 0 amide bonds. The molecule has 1 aromatic heterocycles. The van der Waals surface area contributed by atoms with E-state index >= 15 is 0 Å².